The lowest BCUT2D eigenvalue weighted by Crippen LogP contribution is -1.97. The van der Waals surface area contributed by atoms with Crippen LogP contribution in [0.5, 0.6) is 46.5 Å². The Morgan fingerprint density at radius 1 is 0.189 bits per heavy atom. The summed E-state index contributed by atoms with van der Waals surface area (Å²) in [7, 11) is 6.36. The Kier molecular flexibility index (Phi) is 21.2. The average Bonchev–Trinajstić information content (AvgIpc) is 1.57. The van der Waals surface area contributed by atoms with Crippen LogP contribution in [0.4, 0.5) is 0 Å². The van der Waals surface area contributed by atoms with Gasteiger partial charge in [-0.05, 0) is 157 Å². The van der Waals surface area contributed by atoms with E-state index in [2.05, 4.69) is 250 Å². The maximum Gasteiger partial charge on any atom is 0.217 e. The van der Waals surface area contributed by atoms with E-state index in [1.165, 1.54) is 124 Å². The number of aromatic hydroxyl groups is 4. The molecule has 16 nitrogen and oxygen atoms in total. The number of hydrogen-bond donors (Lipinski definition) is 4. The van der Waals surface area contributed by atoms with Crippen molar-refractivity contribution in [1.29, 1.82) is 0 Å². The number of nitrogens with zero attached hydrogens (tertiary/aromatic N) is 8. The first-order valence-electron chi connectivity index (χ1n) is 42.5. The monoisotopic (exact) mass is 1790 g/mol. The zero-order chi connectivity index (χ0) is 89.2. The van der Waals surface area contributed by atoms with E-state index >= 15 is 0 Å². The molecular formula is C112H74N8O8S4. The van der Waals surface area contributed by atoms with Gasteiger partial charge in [0.2, 0.25) is 23.5 Å². The number of aromatic nitrogens is 8. The van der Waals surface area contributed by atoms with Gasteiger partial charge in [0.05, 0.1) is 73.5 Å². The van der Waals surface area contributed by atoms with Crippen LogP contribution in [0.25, 0.3) is 225 Å². The van der Waals surface area contributed by atoms with Gasteiger partial charge < -0.3 is 39.4 Å². The highest BCUT2D eigenvalue weighted by molar-refractivity contribution is 7.27. The summed E-state index contributed by atoms with van der Waals surface area (Å²) in [6.07, 6.45) is 0. The third-order valence-corrected chi connectivity index (χ3v) is 28.3. The van der Waals surface area contributed by atoms with Gasteiger partial charge in [-0.3, -0.25) is 0 Å². The van der Waals surface area contributed by atoms with Crippen molar-refractivity contribution < 1.29 is 39.4 Å². The summed E-state index contributed by atoms with van der Waals surface area (Å²) in [6.45, 7) is 0. The molecule has 0 aliphatic heterocycles. The Balaban J connectivity index is 0.000000103. The molecule has 0 amide bonds. The smallest absolute Gasteiger partial charge is 0.217 e. The van der Waals surface area contributed by atoms with Gasteiger partial charge >= 0.3 is 0 Å². The van der Waals surface area contributed by atoms with Crippen molar-refractivity contribution in [3.05, 3.63) is 352 Å². The van der Waals surface area contributed by atoms with Gasteiger partial charge in [0, 0.05) is 127 Å². The molecule has 4 N–H and O–H groups in total. The topological polar surface area (TPSA) is 221 Å². The minimum Gasteiger partial charge on any atom is -0.507 e. The minimum absolute atomic E-state index is 0.133. The summed E-state index contributed by atoms with van der Waals surface area (Å²) in [6, 6.07) is 117. The summed E-state index contributed by atoms with van der Waals surface area (Å²) >= 11 is 7.15. The number of fused-ring (bicyclic) bond motifs is 21. The molecule has 0 aliphatic carbocycles. The molecule has 634 valence electrons. The second kappa shape index (κ2) is 34.3. The van der Waals surface area contributed by atoms with Gasteiger partial charge in [0.25, 0.3) is 0 Å². The molecule has 0 saturated carbocycles. The first-order chi connectivity index (χ1) is 64.8. The minimum atomic E-state index is 0.133. The van der Waals surface area contributed by atoms with Crippen LogP contribution in [0.15, 0.2) is 352 Å². The zero-order valence-electron chi connectivity index (χ0n) is 71.1. The number of thiophene rings is 4. The van der Waals surface area contributed by atoms with Gasteiger partial charge in [-0.25, -0.2) is 19.9 Å². The Morgan fingerprint density at radius 2 is 0.500 bits per heavy atom. The largest absolute Gasteiger partial charge is 0.507 e. The van der Waals surface area contributed by atoms with Gasteiger partial charge in [0.15, 0.2) is 23.3 Å². The summed E-state index contributed by atoms with van der Waals surface area (Å²) < 4.78 is 31.8. The lowest BCUT2D eigenvalue weighted by Gasteiger charge is -2.12. The van der Waals surface area contributed by atoms with Crippen molar-refractivity contribution in [3.63, 3.8) is 0 Å². The first kappa shape index (κ1) is 81.4. The molecule has 25 aromatic rings. The van der Waals surface area contributed by atoms with E-state index in [0.717, 1.165) is 55.8 Å². The van der Waals surface area contributed by atoms with Crippen molar-refractivity contribution in [3.8, 4) is 137 Å². The number of para-hydroxylation sites is 4. The number of phenolic OH excluding ortho intramolecular Hbond substituents is 4. The highest BCUT2D eigenvalue weighted by Gasteiger charge is 2.24. The van der Waals surface area contributed by atoms with Gasteiger partial charge in [-0.1, -0.05) is 224 Å². The molecule has 0 fully saturated rings. The molecule has 0 aliphatic rings. The van der Waals surface area contributed by atoms with E-state index in [-0.39, 0.29) is 23.0 Å². The number of methoxy groups -OCH3 is 4. The Bertz CT molecular complexity index is 8910. The van der Waals surface area contributed by atoms with Crippen LogP contribution >= 0.6 is 45.3 Å². The molecule has 0 radical (unpaired) electrons. The summed E-state index contributed by atoms with van der Waals surface area (Å²) in [5.74, 6) is 4.07. The lowest BCUT2D eigenvalue weighted by atomic mass is 9.95. The summed E-state index contributed by atoms with van der Waals surface area (Å²) in [4.78, 5) is 37.2. The fourth-order valence-corrected chi connectivity index (χ4v) is 22.2. The van der Waals surface area contributed by atoms with Gasteiger partial charge in [0.1, 0.15) is 23.0 Å². The van der Waals surface area contributed by atoms with Crippen molar-refractivity contribution in [2.75, 3.05) is 28.4 Å². The van der Waals surface area contributed by atoms with E-state index in [0.29, 0.717) is 69.1 Å². The molecule has 0 unspecified atom stereocenters. The van der Waals surface area contributed by atoms with Crippen molar-refractivity contribution in [2.24, 2.45) is 0 Å². The van der Waals surface area contributed by atoms with Crippen LogP contribution in [-0.4, -0.2) is 88.7 Å². The van der Waals surface area contributed by atoms with Crippen LogP contribution in [0, 0.1) is 0 Å². The quantitative estimate of drug-likeness (QED) is 0.0893. The van der Waals surface area contributed by atoms with E-state index in [9.17, 15) is 20.4 Å². The molecule has 132 heavy (non-hydrogen) atoms. The second-order valence-electron chi connectivity index (χ2n) is 31.6. The first-order valence-corrected chi connectivity index (χ1v) is 45.8. The molecule has 0 saturated heterocycles. The Labute approximate surface area is 770 Å². The van der Waals surface area contributed by atoms with Crippen molar-refractivity contribution in [2.45, 2.75) is 0 Å². The average molecular weight is 1790 g/mol. The maximum atomic E-state index is 10.5. The van der Waals surface area contributed by atoms with E-state index in [4.69, 9.17) is 38.9 Å². The predicted molar refractivity (Wildman–Crippen MR) is 544 cm³/mol. The maximum absolute atomic E-state index is 10.5. The van der Waals surface area contributed by atoms with E-state index < -0.39 is 0 Å². The number of phenols is 4. The number of benzene rings is 17. The molecule has 25 rings (SSSR count). The zero-order valence-corrected chi connectivity index (χ0v) is 74.4. The highest BCUT2D eigenvalue weighted by Crippen LogP contribution is 2.49. The van der Waals surface area contributed by atoms with Gasteiger partial charge in [-0.15, -0.1) is 45.3 Å². The second-order valence-corrected chi connectivity index (χ2v) is 35.9. The number of rotatable bonds is 12. The fraction of sp³-hybridized carbons (Fsp3) is 0.0357. The molecule has 8 heterocycles. The Morgan fingerprint density at radius 3 is 0.977 bits per heavy atom. The number of ether oxygens (including phenoxy) is 4. The van der Waals surface area contributed by atoms with E-state index in [1.807, 2.05) is 54.6 Å². The molecule has 0 bridgehead atoms. The van der Waals surface area contributed by atoms with Crippen LogP contribution in [-0.2, 0) is 0 Å². The molecular weight excluding hydrogens is 1710 g/mol. The molecule has 20 heteroatoms. The van der Waals surface area contributed by atoms with E-state index in [1.54, 1.807) is 141 Å². The summed E-state index contributed by atoms with van der Waals surface area (Å²) in [5.41, 5.74) is 9.26. The standard InChI is InChI=1S/C31H20N2O2S.3C27H18N2O2S/c1-35-28-17-24(32-31(33-28)22-12-6-7-13-25(22)34)23-16-27-30(21-11-5-4-10-20(21)23)29-19-9-3-2-8-18(19)14-15-26(29)36-27;1-31-25-15-21(28-27(29-25)18-10-4-6-12-22(18)30)20-14-24-26(17-9-3-2-8-16(17)20)19-11-5-7-13-23(19)32-24;1-31-25-15-21(28-27(29-25)19-8-4-5-9-22(19)30)17-10-12-20-24(14-17)32-23-13-11-16-6-2-3-7-18(16)26(20)23;1-31-26-15-22(28-27(29-26)20-8-4-5-9-23(20)30)18-10-11-19-21-12-16-6-2-3-7-17(16)13-25(21)32-24(19)14-18/h2-17,34H,1H3;3*2-15,30H,1H3. The summed E-state index contributed by atoms with van der Waals surface area (Å²) in [5, 5.41) is 63.7. The van der Waals surface area contributed by atoms with Crippen molar-refractivity contribution >= 4 is 180 Å². The fourth-order valence-electron chi connectivity index (χ4n) is 17.6. The SMILES string of the molecule is COc1cc(-c2cc3sc4ccc5ccccc5c4c3c3ccccc23)nc(-c2ccccc2O)n1.COc1cc(-c2cc3sc4ccccc4c3c3ccccc23)nc(-c2ccccc2O)n1.COc1cc(-c2ccc3c(c2)sc2cc4ccccc4cc23)nc(-c2ccccc2O)n1.COc1cc(-c2ccc3c(c2)sc2ccc4ccccc4c23)nc(-c2ccccc2O)n1. The van der Waals surface area contributed by atoms with Crippen molar-refractivity contribution in [1.82, 2.24) is 39.9 Å². The highest BCUT2D eigenvalue weighted by atomic mass is 32.1. The number of hydrogen-bond acceptors (Lipinski definition) is 20. The molecule has 0 spiro atoms. The third-order valence-electron chi connectivity index (χ3n) is 23.8. The van der Waals surface area contributed by atoms with Crippen LogP contribution < -0.4 is 18.9 Å². The normalized spacial score (nSPS) is 11.5. The lowest BCUT2D eigenvalue weighted by molar-refractivity contribution is 0.397. The Hall–Kier alpha value is -16.4. The molecule has 17 aromatic carbocycles. The van der Waals surface area contributed by atoms with Crippen LogP contribution in [0.3, 0.4) is 0 Å². The predicted octanol–water partition coefficient (Wildman–Crippen LogP) is 29.3. The third kappa shape index (κ3) is 15.0. The van der Waals surface area contributed by atoms with Gasteiger partial charge in [-0.2, -0.15) is 19.9 Å². The molecule has 8 aromatic heterocycles. The molecule has 0 atom stereocenters. The van der Waals surface area contributed by atoms with Crippen LogP contribution in [0.2, 0.25) is 0 Å². The van der Waals surface area contributed by atoms with Crippen LogP contribution in [0.1, 0.15) is 0 Å².